The maximum Gasteiger partial charge on any atom is 0.255 e. The van der Waals surface area contributed by atoms with Gasteiger partial charge in [0.15, 0.2) is 0 Å². The first-order valence-corrected chi connectivity index (χ1v) is 8.46. The van der Waals surface area contributed by atoms with Crippen molar-refractivity contribution in [2.24, 2.45) is 0 Å². The number of carbonyl (C=O) groups is 1. The molecule has 1 aliphatic rings. The molecule has 0 saturated carbocycles. The molecule has 1 aliphatic heterocycles. The van der Waals surface area contributed by atoms with Crippen molar-refractivity contribution in [3.8, 4) is 5.75 Å². The van der Waals surface area contributed by atoms with Gasteiger partial charge in [-0.3, -0.25) is 4.79 Å². The fraction of sp³-hybridized carbons (Fsp3) is 0.316. The van der Waals surface area contributed by atoms with Gasteiger partial charge >= 0.3 is 0 Å². The van der Waals surface area contributed by atoms with Crippen LogP contribution in [0.1, 0.15) is 28.8 Å². The normalized spacial score (nSPS) is 16.8. The number of hydrogen-bond donors (Lipinski definition) is 1. The van der Waals surface area contributed by atoms with Crippen LogP contribution in [0.2, 0.25) is 5.02 Å². The van der Waals surface area contributed by atoms with Crippen molar-refractivity contribution in [2.45, 2.75) is 25.5 Å². The lowest BCUT2D eigenvalue weighted by Crippen LogP contribution is -2.24. The van der Waals surface area contributed by atoms with Crippen molar-refractivity contribution in [1.82, 2.24) is 5.32 Å². The summed E-state index contributed by atoms with van der Waals surface area (Å²) in [5.74, 6) is 0.412. The molecule has 5 heteroatoms. The Morgan fingerprint density at radius 1 is 1.25 bits per heavy atom. The van der Waals surface area contributed by atoms with Crippen molar-refractivity contribution in [3.05, 3.63) is 64.7 Å². The third-order valence-electron chi connectivity index (χ3n) is 3.92. The van der Waals surface area contributed by atoms with Gasteiger partial charge in [-0.2, -0.15) is 0 Å². The maximum atomic E-state index is 12.5. The molecular formula is C19H20ClNO3. The summed E-state index contributed by atoms with van der Waals surface area (Å²) < 4.78 is 11.4. The minimum Gasteiger partial charge on any atom is -0.490 e. The highest BCUT2D eigenvalue weighted by atomic mass is 35.5. The summed E-state index contributed by atoms with van der Waals surface area (Å²) in [6.07, 6.45) is 2.19. The minimum atomic E-state index is -0.169. The third kappa shape index (κ3) is 4.49. The van der Waals surface area contributed by atoms with E-state index in [4.69, 9.17) is 21.1 Å². The molecule has 4 nitrogen and oxygen atoms in total. The van der Waals surface area contributed by atoms with Gasteiger partial charge < -0.3 is 14.8 Å². The minimum absolute atomic E-state index is 0.118. The summed E-state index contributed by atoms with van der Waals surface area (Å²) in [4.78, 5) is 12.5. The Kier molecular flexibility index (Phi) is 5.72. The Bertz CT molecular complexity index is 699. The van der Waals surface area contributed by atoms with Crippen LogP contribution in [0.25, 0.3) is 0 Å². The van der Waals surface area contributed by atoms with Crippen LogP contribution >= 0.6 is 11.6 Å². The predicted molar refractivity (Wildman–Crippen MR) is 93.5 cm³/mol. The van der Waals surface area contributed by atoms with E-state index >= 15 is 0 Å². The summed E-state index contributed by atoms with van der Waals surface area (Å²) >= 11 is 5.96. The molecule has 1 saturated heterocycles. The Balaban J connectivity index is 1.61. The van der Waals surface area contributed by atoms with Crippen LogP contribution in [0.5, 0.6) is 5.75 Å². The Morgan fingerprint density at radius 3 is 2.92 bits per heavy atom. The molecule has 3 rings (SSSR count). The van der Waals surface area contributed by atoms with Crippen molar-refractivity contribution in [2.75, 3.05) is 13.2 Å². The van der Waals surface area contributed by atoms with E-state index < -0.39 is 0 Å². The molecule has 1 amide bonds. The van der Waals surface area contributed by atoms with Gasteiger partial charge in [-0.15, -0.1) is 0 Å². The number of hydrogen-bond acceptors (Lipinski definition) is 3. The molecule has 0 aromatic heterocycles. The molecule has 2 aromatic rings. The van der Waals surface area contributed by atoms with Crippen LogP contribution in [0.4, 0.5) is 0 Å². The SMILES string of the molecule is O=C(NCc1cccc(Cl)c1)c1ccccc1OC[C@@H]1CCCO1. The monoisotopic (exact) mass is 345 g/mol. The van der Waals surface area contributed by atoms with Gasteiger partial charge in [-0.1, -0.05) is 35.9 Å². The number of nitrogens with one attached hydrogen (secondary N) is 1. The molecule has 24 heavy (non-hydrogen) atoms. The van der Waals surface area contributed by atoms with Crippen LogP contribution in [-0.4, -0.2) is 25.2 Å². The highest BCUT2D eigenvalue weighted by Crippen LogP contribution is 2.20. The first-order valence-electron chi connectivity index (χ1n) is 8.08. The molecule has 0 aliphatic carbocycles. The molecule has 1 N–H and O–H groups in total. The van der Waals surface area contributed by atoms with Gasteiger partial charge in [0.1, 0.15) is 12.4 Å². The molecule has 0 bridgehead atoms. The van der Waals surface area contributed by atoms with Crippen LogP contribution in [0.15, 0.2) is 48.5 Å². The summed E-state index contributed by atoms with van der Waals surface area (Å²) in [6.45, 7) is 1.67. The molecule has 0 unspecified atom stereocenters. The van der Waals surface area contributed by atoms with Crippen molar-refractivity contribution in [1.29, 1.82) is 0 Å². The first kappa shape index (κ1) is 16.8. The second kappa shape index (κ2) is 8.18. The molecule has 1 heterocycles. The van der Waals surface area contributed by atoms with Crippen LogP contribution in [-0.2, 0) is 11.3 Å². The van der Waals surface area contributed by atoms with Crippen LogP contribution in [0, 0.1) is 0 Å². The van der Waals surface area contributed by atoms with Gasteiger partial charge in [0.2, 0.25) is 0 Å². The standard InChI is InChI=1S/C19H20ClNO3/c20-15-6-3-5-14(11-15)12-21-19(22)17-8-1-2-9-18(17)24-13-16-7-4-10-23-16/h1-3,5-6,8-9,11,16H,4,7,10,12-13H2,(H,21,22)/t16-/m0/s1. The fourth-order valence-corrected chi connectivity index (χ4v) is 2.88. The average Bonchev–Trinajstić information content (AvgIpc) is 3.12. The van der Waals surface area contributed by atoms with Gasteiger partial charge in [0, 0.05) is 18.2 Å². The lowest BCUT2D eigenvalue weighted by Gasteiger charge is -2.14. The van der Waals surface area contributed by atoms with Crippen LogP contribution in [0.3, 0.4) is 0 Å². The average molecular weight is 346 g/mol. The van der Waals surface area contributed by atoms with Crippen molar-refractivity contribution in [3.63, 3.8) is 0 Å². The number of para-hydroxylation sites is 1. The summed E-state index contributed by atoms with van der Waals surface area (Å²) in [7, 11) is 0. The number of rotatable bonds is 6. The van der Waals surface area contributed by atoms with Gasteiger partial charge in [0.05, 0.1) is 11.7 Å². The zero-order valence-electron chi connectivity index (χ0n) is 13.3. The largest absolute Gasteiger partial charge is 0.490 e. The molecule has 0 spiro atoms. The zero-order chi connectivity index (χ0) is 16.8. The summed E-state index contributed by atoms with van der Waals surface area (Å²) in [5, 5.41) is 3.56. The Morgan fingerprint density at radius 2 is 2.12 bits per heavy atom. The van der Waals surface area contributed by atoms with Crippen molar-refractivity contribution < 1.29 is 14.3 Å². The maximum absolute atomic E-state index is 12.5. The highest BCUT2D eigenvalue weighted by molar-refractivity contribution is 6.30. The molecule has 1 atom stereocenters. The summed E-state index contributed by atoms with van der Waals surface area (Å²) in [5.41, 5.74) is 1.48. The van der Waals surface area contributed by atoms with Gasteiger partial charge in [-0.25, -0.2) is 0 Å². The predicted octanol–water partition coefficient (Wildman–Crippen LogP) is 3.83. The van der Waals surface area contributed by atoms with E-state index in [1.165, 1.54) is 0 Å². The van der Waals surface area contributed by atoms with Crippen LogP contribution < -0.4 is 10.1 Å². The van der Waals surface area contributed by atoms with E-state index in [0.717, 1.165) is 25.0 Å². The lowest BCUT2D eigenvalue weighted by molar-refractivity contribution is 0.0670. The number of benzene rings is 2. The number of ether oxygens (including phenoxy) is 2. The van der Waals surface area contributed by atoms with Gasteiger partial charge in [-0.05, 0) is 42.7 Å². The number of carbonyl (C=O) groups excluding carboxylic acids is 1. The molecular weight excluding hydrogens is 326 g/mol. The smallest absolute Gasteiger partial charge is 0.255 e. The third-order valence-corrected chi connectivity index (χ3v) is 4.16. The second-order valence-corrected chi connectivity index (χ2v) is 6.19. The number of halogens is 1. The fourth-order valence-electron chi connectivity index (χ4n) is 2.66. The van der Waals surface area contributed by atoms with Gasteiger partial charge in [0.25, 0.3) is 5.91 Å². The quantitative estimate of drug-likeness (QED) is 0.865. The first-order chi connectivity index (χ1) is 11.7. The van der Waals surface area contributed by atoms with E-state index in [9.17, 15) is 4.79 Å². The zero-order valence-corrected chi connectivity index (χ0v) is 14.1. The molecule has 2 aromatic carbocycles. The molecule has 126 valence electrons. The van der Waals surface area contributed by atoms with E-state index in [1.54, 1.807) is 12.1 Å². The van der Waals surface area contributed by atoms with E-state index in [-0.39, 0.29) is 12.0 Å². The van der Waals surface area contributed by atoms with E-state index in [1.807, 2.05) is 36.4 Å². The number of amides is 1. The van der Waals surface area contributed by atoms with E-state index in [0.29, 0.717) is 29.5 Å². The Labute approximate surface area is 146 Å². The second-order valence-electron chi connectivity index (χ2n) is 5.75. The van der Waals surface area contributed by atoms with E-state index in [2.05, 4.69) is 5.32 Å². The summed E-state index contributed by atoms with van der Waals surface area (Å²) in [6, 6.07) is 14.7. The molecule has 1 fully saturated rings. The molecule has 0 radical (unpaired) electrons. The lowest BCUT2D eigenvalue weighted by atomic mass is 10.1. The highest BCUT2D eigenvalue weighted by Gasteiger charge is 2.18. The Hall–Kier alpha value is -2.04. The topological polar surface area (TPSA) is 47.6 Å². The van der Waals surface area contributed by atoms with Crippen molar-refractivity contribution >= 4 is 17.5 Å².